The van der Waals surface area contributed by atoms with Gasteiger partial charge in [0.2, 0.25) is 0 Å². The van der Waals surface area contributed by atoms with Crippen LogP contribution in [-0.2, 0) is 0 Å². The smallest absolute Gasteiger partial charge is 0.164 e. The lowest BCUT2D eigenvalue weighted by molar-refractivity contribution is 0.101. The van der Waals surface area contributed by atoms with Gasteiger partial charge < -0.3 is 0 Å². The van der Waals surface area contributed by atoms with E-state index in [-0.39, 0.29) is 5.78 Å². The minimum absolute atomic E-state index is 0.0706. The number of H-pyrrole nitrogens is 1. The third kappa shape index (κ3) is 2.78. The average Bonchev–Trinajstić information content (AvgIpc) is 2.92. The van der Waals surface area contributed by atoms with E-state index in [4.69, 9.17) is 23.2 Å². The monoisotopic (exact) mass is 330 g/mol. The SMILES string of the molecule is CC(=O)c1c(-c2cc(Cl)cc(Cl)c2)n[nH]c1-c1ccccc1. The van der Waals surface area contributed by atoms with Gasteiger partial charge in [0.15, 0.2) is 5.78 Å². The highest BCUT2D eigenvalue weighted by molar-refractivity contribution is 6.35. The van der Waals surface area contributed by atoms with Gasteiger partial charge in [-0.15, -0.1) is 0 Å². The number of ketones is 1. The van der Waals surface area contributed by atoms with E-state index < -0.39 is 0 Å². The standard InChI is InChI=1S/C17H12Cl2N2O/c1-10(22)15-16(11-5-3-2-4-6-11)20-21-17(15)12-7-13(18)9-14(19)8-12/h2-9H,1H3,(H,20,21). The second-order valence-corrected chi connectivity index (χ2v) is 5.78. The fraction of sp³-hybridized carbons (Fsp3) is 0.0588. The Labute approximate surface area is 137 Å². The first-order chi connectivity index (χ1) is 10.6. The first-order valence-electron chi connectivity index (χ1n) is 6.67. The van der Waals surface area contributed by atoms with Crippen molar-refractivity contribution in [2.45, 2.75) is 6.92 Å². The maximum absolute atomic E-state index is 12.1. The topological polar surface area (TPSA) is 45.8 Å². The van der Waals surface area contributed by atoms with Crippen LogP contribution in [0.5, 0.6) is 0 Å². The molecule has 0 aliphatic carbocycles. The normalized spacial score (nSPS) is 10.7. The quantitative estimate of drug-likeness (QED) is 0.666. The molecule has 22 heavy (non-hydrogen) atoms. The van der Waals surface area contributed by atoms with Gasteiger partial charge in [0.1, 0.15) is 5.69 Å². The fourth-order valence-corrected chi connectivity index (χ4v) is 2.92. The second-order valence-electron chi connectivity index (χ2n) is 4.90. The molecule has 0 unspecified atom stereocenters. The van der Waals surface area contributed by atoms with Gasteiger partial charge in [0.05, 0.1) is 11.3 Å². The van der Waals surface area contributed by atoms with Crippen molar-refractivity contribution in [3.05, 3.63) is 64.1 Å². The van der Waals surface area contributed by atoms with Gasteiger partial charge in [0.25, 0.3) is 0 Å². The van der Waals surface area contributed by atoms with E-state index in [9.17, 15) is 4.79 Å². The Bertz CT molecular complexity index is 821. The summed E-state index contributed by atoms with van der Waals surface area (Å²) in [5.41, 5.74) is 3.39. The molecule has 3 rings (SSSR count). The zero-order valence-electron chi connectivity index (χ0n) is 11.7. The molecule has 0 amide bonds. The van der Waals surface area contributed by atoms with Crippen LogP contribution in [0.25, 0.3) is 22.5 Å². The summed E-state index contributed by atoms with van der Waals surface area (Å²) in [7, 11) is 0. The predicted octanol–water partition coefficient (Wildman–Crippen LogP) is 5.25. The minimum Gasteiger partial charge on any atom is -0.294 e. The summed E-state index contributed by atoms with van der Waals surface area (Å²) >= 11 is 12.1. The van der Waals surface area contributed by atoms with Crippen LogP contribution in [0.15, 0.2) is 48.5 Å². The molecule has 5 heteroatoms. The Hall–Kier alpha value is -2.10. The zero-order chi connectivity index (χ0) is 15.7. The van der Waals surface area contributed by atoms with Crippen LogP contribution in [0.1, 0.15) is 17.3 Å². The summed E-state index contributed by atoms with van der Waals surface area (Å²) in [5, 5.41) is 8.26. The highest BCUT2D eigenvalue weighted by Crippen LogP contribution is 2.33. The van der Waals surface area contributed by atoms with Crippen molar-refractivity contribution in [2.75, 3.05) is 0 Å². The Balaban J connectivity index is 2.22. The number of Topliss-reactive ketones (excluding diaryl/α,β-unsaturated/α-hetero) is 1. The maximum atomic E-state index is 12.1. The van der Waals surface area contributed by atoms with Gasteiger partial charge in [-0.1, -0.05) is 53.5 Å². The Kier molecular flexibility index (Phi) is 4.01. The van der Waals surface area contributed by atoms with Gasteiger partial charge >= 0.3 is 0 Å². The largest absolute Gasteiger partial charge is 0.294 e. The number of hydrogen-bond acceptors (Lipinski definition) is 2. The van der Waals surface area contributed by atoms with E-state index in [2.05, 4.69) is 10.2 Å². The van der Waals surface area contributed by atoms with Crippen LogP contribution in [-0.4, -0.2) is 16.0 Å². The van der Waals surface area contributed by atoms with Crippen LogP contribution in [0.4, 0.5) is 0 Å². The number of nitrogens with zero attached hydrogens (tertiary/aromatic N) is 1. The highest BCUT2D eigenvalue weighted by atomic mass is 35.5. The molecule has 3 aromatic rings. The van der Waals surface area contributed by atoms with Crippen molar-refractivity contribution < 1.29 is 4.79 Å². The Morgan fingerprint density at radius 1 is 1.00 bits per heavy atom. The van der Waals surface area contributed by atoms with E-state index in [1.807, 2.05) is 30.3 Å². The van der Waals surface area contributed by atoms with E-state index in [1.165, 1.54) is 6.92 Å². The molecule has 0 aliphatic rings. The molecule has 0 radical (unpaired) electrons. The lowest BCUT2D eigenvalue weighted by Gasteiger charge is -2.04. The molecule has 1 aromatic heterocycles. The first-order valence-corrected chi connectivity index (χ1v) is 7.43. The third-order valence-corrected chi connectivity index (χ3v) is 3.75. The van der Waals surface area contributed by atoms with Crippen LogP contribution >= 0.6 is 23.2 Å². The molecule has 0 saturated carbocycles. The molecule has 0 aliphatic heterocycles. The molecule has 0 bridgehead atoms. The van der Waals surface area contributed by atoms with Gasteiger partial charge in [-0.3, -0.25) is 9.89 Å². The van der Waals surface area contributed by atoms with E-state index in [0.717, 1.165) is 5.56 Å². The number of carbonyl (C=O) groups excluding carboxylic acids is 1. The number of halogens is 2. The first kappa shape index (κ1) is 14.8. The summed E-state index contributed by atoms with van der Waals surface area (Å²) in [6.07, 6.45) is 0. The van der Waals surface area contributed by atoms with Crippen LogP contribution < -0.4 is 0 Å². The maximum Gasteiger partial charge on any atom is 0.164 e. The van der Waals surface area contributed by atoms with Crippen molar-refractivity contribution in [1.82, 2.24) is 10.2 Å². The van der Waals surface area contributed by atoms with Crippen LogP contribution in [0.2, 0.25) is 10.0 Å². The molecule has 0 fully saturated rings. The summed E-state index contributed by atoms with van der Waals surface area (Å²) in [6.45, 7) is 1.52. The van der Waals surface area contributed by atoms with Crippen molar-refractivity contribution in [3.63, 3.8) is 0 Å². The van der Waals surface area contributed by atoms with Gasteiger partial charge in [-0.25, -0.2) is 0 Å². The summed E-state index contributed by atoms with van der Waals surface area (Å²) in [4.78, 5) is 12.1. The summed E-state index contributed by atoms with van der Waals surface area (Å²) < 4.78 is 0. The number of aromatic nitrogens is 2. The molecule has 2 aromatic carbocycles. The minimum atomic E-state index is -0.0706. The molecule has 0 atom stereocenters. The van der Waals surface area contributed by atoms with Crippen molar-refractivity contribution in [1.29, 1.82) is 0 Å². The van der Waals surface area contributed by atoms with E-state index in [0.29, 0.717) is 32.6 Å². The summed E-state index contributed by atoms with van der Waals surface area (Å²) in [5.74, 6) is -0.0706. The summed E-state index contributed by atoms with van der Waals surface area (Å²) in [6, 6.07) is 14.7. The van der Waals surface area contributed by atoms with E-state index >= 15 is 0 Å². The second kappa shape index (κ2) is 5.95. The Morgan fingerprint density at radius 2 is 1.64 bits per heavy atom. The molecular formula is C17H12Cl2N2O. The fourth-order valence-electron chi connectivity index (χ4n) is 2.40. The van der Waals surface area contributed by atoms with Crippen LogP contribution in [0, 0.1) is 0 Å². The zero-order valence-corrected chi connectivity index (χ0v) is 13.2. The van der Waals surface area contributed by atoms with Gasteiger partial charge in [0, 0.05) is 21.2 Å². The number of nitrogens with one attached hydrogen (secondary N) is 1. The number of hydrogen-bond donors (Lipinski definition) is 1. The lowest BCUT2D eigenvalue weighted by atomic mass is 9.99. The number of aromatic amines is 1. The molecule has 110 valence electrons. The molecule has 1 heterocycles. The van der Waals surface area contributed by atoms with Crippen molar-refractivity contribution in [3.8, 4) is 22.5 Å². The molecule has 0 spiro atoms. The number of benzene rings is 2. The molecule has 1 N–H and O–H groups in total. The third-order valence-electron chi connectivity index (χ3n) is 3.32. The van der Waals surface area contributed by atoms with Gasteiger partial charge in [-0.2, -0.15) is 5.10 Å². The molecule has 0 saturated heterocycles. The van der Waals surface area contributed by atoms with Crippen molar-refractivity contribution >= 4 is 29.0 Å². The predicted molar refractivity (Wildman–Crippen MR) is 89.5 cm³/mol. The lowest BCUT2D eigenvalue weighted by Crippen LogP contribution is -1.96. The van der Waals surface area contributed by atoms with Crippen LogP contribution in [0.3, 0.4) is 0 Å². The molecular weight excluding hydrogens is 319 g/mol. The van der Waals surface area contributed by atoms with Crippen molar-refractivity contribution in [2.24, 2.45) is 0 Å². The average molecular weight is 331 g/mol. The number of carbonyl (C=O) groups is 1. The Morgan fingerprint density at radius 3 is 2.23 bits per heavy atom. The van der Waals surface area contributed by atoms with E-state index in [1.54, 1.807) is 18.2 Å². The number of rotatable bonds is 3. The van der Waals surface area contributed by atoms with Gasteiger partial charge in [-0.05, 0) is 25.1 Å². The highest BCUT2D eigenvalue weighted by Gasteiger charge is 2.20. The molecule has 3 nitrogen and oxygen atoms in total.